The molecule has 0 heterocycles. The van der Waals surface area contributed by atoms with Gasteiger partial charge in [0, 0.05) is 6.04 Å². The molecule has 17 heavy (non-hydrogen) atoms. The third kappa shape index (κ3) is 3.05. The highest BCUT2D eigenvalue weighted by atomic mass is 16.4. The Morgan fingerprint density at radius 3 is 2.53 bits per heavy atom. The summed E-state index contributed by atoms with van der Waals surface area (Å²) in [6.07, 6.45) is 2.53. The van der Waals surface area contributed by atoms with Crippen LogP contribution in [0.25, 0.3) is 0 Å². The average molecular weight is 234 g/mol. The second kappa shape index (κ2) is 5.29. The lowest BCUT2D eigenvalue weighted by atomic mass is 10.1. The van der Waals surface area contributed by atoms with Crippen molar-refractivity contribution in [1.29, 1.82) is 0 Å². The summed E-state index contributed by atoms with van der Waals surface area (Å²) in [4.78, 5) is 10.6. The van der Waals surface area contributed by atoms with Gasteiger partial charge in [0.1, 0.15) is 6.04 Å². The molecule has 4 heteroatoms. The molecule has 2 rings (SSSR count). The van der Waals surface area contributed by atoms with E-state index in [0.717, 1.165) is 12.8 Å². The number of hydrogen-bond acceptors (Lipinski definition) is 3. The minimum Gasteiger partial charge on any atom is -0.480 e. The Morgan fingerprint density at radius 1 is 1.41 bits per heavy atom. The zero-order valence-electron chi connectivity index (χ0n) is 9.73. The van der Waals surface area contributed by atoms with Gasteiger partial charge in [0.2, 0.25) is 0 Å². The topological polar surface area (TPSA) is 75.3 Å². The van der Waals surface area contributed by atoms with Crippen molar-refractivity contribution in [2.45, 2.75) is 31.3 Å². The van der Waals surface area contributed by atoms with Crippen LogP contribution < -0.4 is 11.1 Å². The third-order valence-corrected chi connectivity index (χ3v) is 3.26. The van der Waals surface area contributed by atoms with Gasteiger partial charge in [-0.15, -0.1) is 0 Å². The van der Waals surface area contributed by atoms with E-state index < -0.39 is 12.0 Å². The third-order valence-electron chi connectivity index (χ3n) is 3.26. The quantitative estimate of drug-likeness (QED) is 0.695. The van der Waals surface area contributed by atoms with Gasteiger partial charge in [-0.1, -0.05) is 24.3 Å². The van der Waals surface area contributed by atoms with Gasteiger partial charge in [0.05, 0.1) is 0 Å². The Bertz CT molecular complexity index is 381. The highest BCUT2D eigenvalue weighted by molar-refractivity contribution is 5.72. The van der Waals surface area contributed by atoms with Gasteiger partial charge in [0.15, 0.2) is 0 Å². The van der Waals surface area contributed by atoms with Gasteiger partial charge in [-0.25, -0.2) is 0 Å². The van der Waals surface area contributed by atoms with Gasteiger partial charge >= 0.3 is 5.97 Å². The normalized spacial score (nSPS) is 16.8. The van der Waals surface area contributed by atoms with Crippen molar-refractivity contribution in [2.75, 3.05) is 6.54 Å². The van der Waals surface area contributed by atoms with Crippen LogP contribution in [0.15, 0.2) is 24.3 Å². The highest BCUT2D eigenvalue weighted by Gasteiger charge is 2.20. The summed E-state index contributed by atoms with van der Waals surface area (Å²) in [5, 5.41) is 12.0. The molecule has 0 aliphatic heterocycles. The molecule has 0 bridgehead atoms. The van der Waals surface area contributed by atoms with Gasteiger partial charge < -0.3 is 16.2 Å². The minimum atomic E-state index is -0.929. The van der Waals surface area contributed by atoms with Gasteiger partial charge in [-0.05, 0) is 36.9 Å². The number of benzene rings is 1. The van der Waals surface area contributed by atoms with Crippen LogP contribution in [-0.2, 0) is 17.6 Å². The van der Waals surface area contributed by atoms with Crippen molar-refractivity contribution in [3.8, 4) is 0 Å². The van der Waals surface area contributed by atoms with E-state index in [1.165, 1.54) is 11.1 Å². The number of carbonyl (C=O) groups is 1. The first-order valence-corrected chi connectivity index (χ1v) is 5.95. The number of carboxylic acids is 1. The molecule has 1 aromatic rings. The summed E-state index contributed by atoms with van der Waals surface area (Å²) in [7, 11) is 0. The molecule has 0 fully saturated rings. The van der Waals surface area contributed by atoms with Crippen molar-refractivity contribution in [1.82, 2.24) is 5.32 Å². The van der Waals surface area contributed by atoms with Crippen LogP contribution in [0, 0.1) is 0 Å². The number of nitrogens with one attached hydrogen (secondary N) is 1. The minimum absolute atomic E-state index is 0.424. The standard InChI is InChI=1S/C13H18N2O2/c14-12(13(16)17)5-6-15-11-7-9-3-1-2-4-10(9)8-11/h1-4,11-12,15H,5-8,14H2,(H,16,17). The Kier molecular flexibility index (Phi) is 3.76. The lowest BCUT2D eigenvalue weighted by molar-refractivity contribution is -0.138. The summed E-state index contributed by atoms with van der Waals surface area (Å²) in [5.74, 6) is -0.929. The van der Waals surface area contributed by atoms with Gasteiger partial charge in [0.25, 0.3) is 0 Å². The SMILES string of the molecule is NC(CCNC1Cc2ccccc2C1)C(=O)O. The van der Waals surface area contributed by atoms with Crippen LogP contribution in [0.5, 0.6) is 0 Å². The van der Waals surface area contributed by atoms with Crippen LogP contribution in [-0.4, -0.2) is 29.7 Å². The molecule has 92 valence electrons. The zero-order valence-corrected chi connectivity index (χ0v) is 9.73. The van der Waals surface area contributed by atoms with Crippen molar-refractivity contribution in [2.24, 2.45) is 5.73 Å². The van der Waals surface area contributed by atoms with E-state index in [4.69, 9.17) is 10.8 Å². The number of hydrogen-bond donors (Lipinski definition) is 3. The van der Waals surface area contributed by atoms with Crippen molar-refractivity contribution >= 4 is 5.97 Å². The van der Waals surface area contributed by atoms with Crippen molar-refractivity contribution < 1.29 is 9.90 Å². The maximum atomic E-state index is 10.6. The molecule has 0 saturated carbocycles. The molecule has 1 aliphatic carbocycles. The summed E-state index contributed by atoms with van der Waals surface area (Å²) in [5.41, 5.74) is 8.24. The Hall–Kier alpha value is -1.39. The van der Waals surface area contributed by atoms with Gasteiger partial charge in [-0.2, -0.15) is 0 Å². The first kappa shape index (κ1) is 12.1. The predicted molar refractivity (Wildman–Crippen MR) is 65.9 cm³/mol. The molecule has 0 spiro atoms. The van der Waals surface area contributed by atoms with Crippen LogP contribution >= 0.6 is 0 Å². The summed E-state index contributed by atoms with van der Waals surface area (Å²) in [6, 6.07) is 8.09. The molecule has 0 amide bonds. The Balaban J connectivity index is 1.75. The number of carboxylic acid groups (broad SMARTS) is 1. The number of fused-ring (bicyclic) bond motifs is 1. The van der Waals surface area contributed by atoms with Gasteiger partial charge in [-0.3, -0.25) is 4.79 Å². The molecular formula is C13H18N2O2. The molecule has 0 aromatic heterocycles. The summed E-state index contributed by atoms with van der Waals surface area (Å²) < 4.78 is 0. The fraction of sp³-hybridized carbons (Fsp3) is 0.462. The van der Waals surface area contributed by atoms with Crippen LogP contribution in [0.3, 0.4) is 0 Å². The van der Waals surface area contributed by atoms with E-state index in [1.807, 2.05) is 0 Å². The number of rotatable bonds is 5. The zero-order chi connectivity index (χ0) is 12.3. The van der Waals surface area contributed by atoms with Crippen LogP contribution in [0.2, 0.25) is 0 Å². The molecule has 1 unspecified atom stereocenters. The number of aliphatic carboxylic acids is 1. The van der Waals surface area contributed by atoms with Crippen molar-refractivity contribution in [3.05, 3.63) is 35.4 Å². The van der Waals surface area contributed by atoms with E-state index >= 15 is 0 Å². The smallest absolute Gasteiger partial charge is 0.320 e. The molecule has 1 atom stereocenters. The lowest BCUT2D eigenvalue weighted by Gasteiger charge is -2.13. The predicted octanol–water partition coefficient (Wildman–Crippen LogP) is 0.545. The average Bonchev–Trinajstić information content (AvgIpc) is 2.71. The summed E-state index contributed by atoms with van der Waals surface area (Å²) in [6.45, 7) is 0.659. The second-order valence-electron chi connectivity index (χ2n) is 4.56. The molecule has 1 aliphatic rings. The fourth-order valence-electron chi connectivity index (χ4n) is 2.27. The monoisotopic (exact) mass is 234 g/mol. The first-order chi connectivity index (χ1) is 8.16. The Labute approximate surface area is 101 Å². The number of nitrogens with two attached hydrogens (primary N) is 1. The van der Waals surface area contributed by atoms with E-state index in [2.05, 4.69) is 29.6 Å². The van der Waals surface area contributed by atoms with E-state index in [-0.39, 0.29) is 0 Å². The Morgan fingerprint density at radius 2 is 2.00 bits per heavy atom. The molecule has 4 N–H and O–H groups in total. The molecule has 1 aromatic carbocycles. The highest BCUT2D eigenvalue weighted by Crippen LogP contribution is 2.21. The van der Waals surface area contributed by atoms with E-state index in [9.17, 15) is 4.79 Å². The summed E-state index contributed by atoms with van der Waals surface area (Å²) >= 11 is 0. The maximum absolute atomic E-state index is 10.6. The van der Waals surface area contributed by atoms with Crippen LogP contribution in [0.1, 0.15) is 17.5 Å². The fourth-order valence-corrected chi connectivity index (χ4v) is 2.27. The maximum Gasteiger partial charge on any atom is 0.320 e. The molecule has 0 radical (unpaired) electrons. The molecular weight excluding hydrogens is 216 g/mol. The second-order valence-corrected chi connectivity index (χ2v) is 4.56. The molecule has 4 nitrogen and oxygen atoms in total. The van der Waals surface area contributed by atoms with Crippen molar-refractivity contribution in [3.63, 3.8) is 0 Å². The van der Waals surface area contributed by atoms with Crippen LogP contribution in [0.4, 0.5) is 0 Å². The largest absolute Gasteiger partial charge is 0.480 e. The molecule has 0 saturated heterocycles. The van der Waals surface area contributed by atoms with E-state index in [1.54, 1.807) is 0 Å². The lowest BCUT2D eigenvalue weighted by Crippen LogP contribution is -2.37. The van der Waals surface area contributed by atoms with E-state index in [0.29, 0.717) is 19.0 Å². The first-order valence-electron chi connectivity index (χ1n) is 5.95.